The fourth-order valence-electron chi connectivity index (χ4n) is 1.93. The molecule has 0 fully saturated rings. The lowest BCUT2D eigenvalue weighted by atomic mass is 10.3. The lowest BCUT2D eigenvalue weighted by Crippen LogP contribution is -2.08. The molecule has 0 unspecified atom stereocenters. The molecule has 4 nitrogen and oxygen atoms in total. The zero-order valence-electron chi connectivity index (χ0n) is 10.8. The van der Waals surface area contributed by atoms with Crippen LogP contribution < -0.4 is 11.1 Å². The smallest absolute Gasteiger partial charge is 0.203 e. The number of imidazole rings is 1. The number of nitrogens with one attached hydrogen (secondary N) is 1. The molecule has 8 heteroatoms. The van der Waals surface area contributed by atoms with E-state index in [-0.39, 0.29) is 0 Å². The minimum absolute atomic E-state index is 0.723. The number of aromatic nitrogens is 2. The van der Waals surface area contributed by atoms with Crippen molar-refractivity contribution in [2.45, 2.75) is 12.8 Å². The molecule has 2 aromatic rings. The molecule has 110 valence electrons. The minimum atomic E-state index is 0.723. The number of unbranched alkanes of at least 4 members (excludes halogenated alkanes) is 1. The van der Waals surface area contributed by atoms with Crippen LogP contribution in [-0.2, 0) is 7.05 Å². The van der Waals surface area contributed by atoms with Gasteiger partial charge < -0.3 is 15.6 Å². The molecule has 0 aliphatic heterocycles. The molecule has 0 aliphatic carbocycles. The third-order valence-electron chi connectivity index (χ3n) is 3.00. The Bertz CT molecular complexity index is 638. The standard InChI is InChI=1S/C12H14Br4N4/c1-20-11-9(16)7(14)6(13)8(15)10(11)19-12(20)18-5-3-2-4-17/h2-5,17H2,1H3,(H,18,19). The van der Waals surface area contributed by atoms with Crippen molar-refractivity contribution in [1.82, 2.24) is 9.55 Å². The summed E-state index contributed by atoms with van der Waals surface area (Å²) in [7, 11) is 2.00. The summed E-state index contributed by atoms with van der Waals surface area (Å²) in [6, 6.07) is 0. The quantitative estimate of drug-likeness (QED) is 0.331. The normalized spacial score (nSPS) is 11.3. The second-order valence-electron chi connectivity index (χ2n) is 4.37. The first-order chi connectivity index (χ1) is 9.49. The van der Waals surface area contributed by atoms with Crippen molar-refractivity contribution in [3.8, 4) is 0 Å². The SMILES string of the molecule is Cn1c(NCCCCN)nc2c(Br)c(Br)c(Br)c(Br)c21. The third kappa shape index (κ3) is 3.09. The number of anilines is 1. The molecule has 1 aromatic carbocycles. The number of aryl methyl sites for hydroxylation is 1. The second kappa shape index (κ2) is 7.09. The number of fused-ring (bicyclic) bond motifs is 1. The number of hydrogen-bond acceptors (Lipinski definition) is 3. The van der Waals surface area contributed by atoms with Crippen molar-refractivity contribution in [3.05, 3.63) is 17.9 Å². The van der Waals surface area contributed by atoms with Crippen molar-refractivity contribution in [1.29, 1.82) is 0 Å². The predicted octanol–water partition coefficient (Wildman–Crippen LogP) is 4.77. The van der Waals surface area contributed by atoms with Crippen molar-refractivity contribution in [2.24, 2.45) is 12.8 Å². The lowest BCUT2D eigenvalue weighted by Gasteiger charge is -2.07. The Kier molecular flexibility index (Phi) is 5.93. The van der Waals surface area contributed by atoms with E-state index in [4.69, 9.17) is 5.73 Å². The maximum Gasteiger partial charge on any atom is 0.203 e. The summed E-state index contributed by atoms with van der Waals surface area (Å²) in [4.78, 5) is 4.67. The molecule has 1 heterocycles. The van der Waals surface area contributed by atoms with Crippen LogP contribution in [-0.4, -0.2) is 22.6 Å². The highest BCUT2D eigenvalue weighted by Gasteiger charge is 2.19. The van der Waals surface area contributed by atoms with Gasteiger partial charge in [0.15, 0.2) is 0 Å². The van der Waals surface area contributed by atoms with Crippen LogP contribution in [0.1, 0.15) is 12.8 Å². The van der Waals surface area contributed by atoms with Crippen LogP contribution in [0.2, 0.25) is 0 Å². The number of nitrogens with zero attached hydrogens (tertiary/aromatic N) is 2. The number of benzene rings is 1. The summed E-state index contributed by atoms with van der Waals surface area (Å²) in [5, 5.41) is 3.35. The predicted molar refractivity (Wildman–Crippen MR) is 98.3 cm³/mol. The summed E-state index contributed by atoms with van der Waals surface area (Å²) < 4.78 is 5.88. The van der Waals surface area contributed by atoms with E-state index in [0.29, 0.717) is 0 Å². The van der Waals surface area contributed by atoms with Gasteiger partial charge in [-0.1, -0.05) is 0 Å². The summed E-state index contributed by atoms with van der Waals surface area (Å²) in [5.41, 5.74) is 7.45. The average molecular weight is 534 g/mol. The van der Waals surface area contributed by atoms with Crippen LogP contribution in [0.5, 0.6) is 0 Å². The second-order valence-corrected chi connectivity index (χ2v) is 7.54. The van der Waals surface area contributed by atoms with Gasteiger partial charge in [0.1, 0.15) is 5.52 Å². The monoisotopic (exact) mass is 530 g/mol. The number of halogens is 4. The summed E-state index contributed by atoms with van der Waals surface area (Å²) in [6.07, 6.45) is 2.05. The molecule has 0 aliphatic rings. The van der Waals surface area contributed by atoms with E-state index in [9.17, 15) is 0 Å². The zero-order valence-corrected chi connectivity index (χ0v) is 17.2. The fourth-order valence-corrected chi connectivity index (χ4v) is 4.36. The Morgan fingerprint density at radius 2 is 1.70 bits per heavy atom. The molecule has 0 saturated heterocycles. The van der Waals surface area contributed by atoms with Crippen molar-refractivity contribution in [3.63, 3.8) is 0 Å². The highest BCUT2D eigenvalue weighted by atomic mass is 79.9. The van der Waals surface area contributed by atoms with Crippen LogP contribution in [0.15, 0.2) is 17.9 Å². The molecule has 0 saturated carbocycles. The Morgan fingerprint density at radius 1 is 1.05 bits per heavy atom. The molecule has 0 atom stereocenters. The van der Waals surface area contributed by atoms with Crippen molar-refractivity contribution >= 4 is 80.7 Å². The van der Waals surface area contributed by atoms with Gasteiger partial charge in [-0.05, 0) is 83.1 Å². The number of rotatable bonds is 5. The minimum Gasteiger partial charge on any atom is -0.356 e. The highest BCUT2D eigenvalue weighted by Crippen LogP contribution is 2.43. The molecule has 0 spiro atoms. The number of hydrogen-bond donors (Lipinski definition) is 2. The largest absolute Gasteiger partial charge is 0.356 e. The third-order valence-corrected chi connectivity index (χ3v) is 7.73. The molecule has 0 bridgehead atoms. The van der Waals surface area contributed by atoms with Crippen LogP contribution in [0.25, 0.3) is 11.0 Å². The first kappa shape index (κ1) is 16.7. The molecule has 0 amide bonds. The molecular formula is C12H14Br4N4. The van der Waals surface area contributed by atoms with E-state index in [1.165, 1.54) is 0 Å². The summed E-state index contributed by atoms with van der Waals surface area (Å²) >= 11 is 14.3. The van der Waals surface area contributed by atoms with Gasteiger partial charge in [0.25, 0.3) is 0 Å². The van der Waals surface area contributed by atoms with Crippen molar-refractivity contribution in [2.75, 3.05) is 18.4 Å². The van der Waals surface area contributed by atoms with E-state index >= 15 is 0 Å². The average Bonchev–Trinajstić information content (AvgIpc) is 2.76. The van der Waals surface area contributed by atoms with Gasteiger partial charge in [-0.15, -0.1) is 0 Å². The molecule has 2 rings (SSSR count). The zero-order chi connectivity index (χ0) is 14.9. The van der Waals surface area contributed by atoms with Gasteiger partial charge in [0.2, 0.25) is 5.95 Å². The fraction of sp³-hybridized carbons (Fsp3) is 0.417. The van der Waals surface area contributed by atoms with Crippen LogP contribution in [0.4, 0.5) is 5.95 Å². The van der Waals surface area contributed by atoms with Crippen molar-refractivity contribution < 1.29 is 0 Å². The van der Waals surface area contributed by atoms with E-state index in [0.717, 1.165) is 60.8 Å². The summed E-state index contributed by atoms with van der Waals surface area (Å²) in [6.45, 7) is 1.59. The number of nitrogens with two attached hydrogens (primary N) is 1. The maximum absolute atomic E-state index is 5.50. The molecular weight excluding hydrogens is 520 g/mol. The van der Waals surface area contributed by atoms with Gasteiger partial charge in [0.05, 0.1) is 14.5 Å². The Morgan fingerprint density at radius 3 is 2.35 bits per heavy atom. The molecule has 0 radical (unpaired) electrons. The lowest BCUT2D eigenvalue weighted by molar-refractivity contribution is 0.765. The maximum atomic E-state index is 5.50. The van der Waals surface area contributed by atoms with Crippen LogP contribution >= 0.6 is 63.7 Å². The first-order valence-corrected chi connectivity index (χ1v) is 9.28. The van der Waals surface area contributed by atoms with Gasteiger partial charge in [-0.25, -0.2) is 4.98 Å². The summed E-state index contributed by atoms with van der Waals surface area (Å²) in [5.74, 6) is 0.850. The van der Waals surface area contributed by atoms with Gasteiger partial charge >= 0.3 is 0 Å². The van der Waals surface area contributed by atoms with Gasteiger partial charge in [-0.2, -0.15) is 0 Å². The van der Waals surface area contributed by atoms with Gasteiger partial charge in [-0.3, -0.25) is 0 Å². The Balaban J connectivity index is 2.42. The molecule has 20 heavy (non-hydrogen) atoms. The van der Waals surface area contributed by atoms with Crippen LogP contribution in [0.3, 0.4) is 0 Å². The Hall–Kier alpha value is 0.370. The van der Waals surface area contributed by atoms with Gasteiger partial charge in [0, 0.05) is 22.5 Å². The topological polar surface area (TPSA) is 55.9 Å². The molecule has 1 aromatic heterocycles. The molecule has 3 N–H and O–H groups in total. The first-order valence-electron chi connectivity index (χ1n) is 6.11. The van der Waals surface area contributed by atoms with E-state index in [2.05, 4.69) is 74.0 Å². The highest BCUT2D eigenvalue weighted by molar-refractivity contribution is 9.15. The van der Waals surface area contributed by atoms with E-state index < -0.39 is 0 Å². The Labute approximate surface area is 151 Å². The van der Waals surface area contributed by atoms with Crippen LogP contribution in [0, 0.1) is 0 Å². The van der Waals surface area contributed by atoms with E-state index in [1.807, 2.05) is 11.6 Å². The van der Waals surface area contributed by atoms with E-state index in [1.54, 1.807) is 0 Å².